The number of hydrogen-bond donors (Lipinski definition) is 2. The molecule has 0 bridgehead atoms. The van der Waals surface area contributed by atoms with E-state index >= 15 is 0 Å². The fourth-order valence-electron chi connectivity index (χ4n) is 2.00. The van der Waals surface area contributed by atoms with Gasteiger partial charge in [0.05, 0.1) is 0 Å². The van der Waals surface area contributed by atoms with Crippen LogP contribution < -0.4 is 10.6 Å². The molecule has 110 valence electrons. The van der Waals surface area contributed by atoms with Crippen molar-refractivity contribution in [3.63, 3.8) is 0 Å². The summed E-state index contributed by atoms with van der Waals surface area (Å²) >= 11 is 3.47. The molecule has 0 spiro atoms. The number of benzene rings is 2. The highest BCUT2D eigenvalue weighted by atomic mass is 79.9. The minimum atomic E-state index is 0.0169. The van der Waals surface area contributed by atoms with E-state index in [1.807, 2.05) is 56.3 Å². The Hall–Kier alpha value is -1.81. The minimum absolute atomic E-state index is 0.0169. The maximum Gasteiger partial charge on any atom is 0.226 e. The molecule has 1 amide bonds. The monoisotopic (exact) mass is 346 g/mol. The molecule has 2 aromatic carbocycles. The van der Waals surface area contributed by atoms with Crippen molar-refractivity contribution >= 4 is 33.2 Å². The second-order valence-corrected chi connectivity index (χ2v) is 5.88. The van der Waals surface area contributed by atoms with Crippen LogP contribution in [-0.4, -0.2) is 12.5 Å². The molecule has 0 aromatic heterocycles. The van der Waals surface area contributed by atoms with Crippen molar-refractivity contribution in [1.29, 1.82) is 0 Å². The Labute approximate surface area is 133 Å². The van der Waals surface area contributed by atoms with Crippen LogP contribution in [0.5, 0.6) is 0 Å². The van der Waals surface area contributed by atoms with Crippen molar-refractivity contribution < 1.29 is 4.79 Å². The molecule has 21 heavy (non-hydrogen) atoms. The third kappa shape index (κ3) is 4.60. The van der Waals surface area contributed by atoms with Gasteiger partial charge in [0.2, 0.25) is 5.91 Å². The van der Waals surface area contributed by atoms with Crippen molar-refractivity contribution in [2.45, 2.75) is 20.3 Å². The number of aryl methyl sites for hydroxylation is 2. The number of carbonyl (C=O) groups excluding carboxylic acids is 1. The molecule has 2 rings (SSSR count). The second kappa shape index (κ2) is 7.27. The molecule has 0 aliphatic carbocycles. The van der Waals surface area contributed by atoms with Gasteiger partial charge in [-0.05, 0) is 59.1 Å². The lowest BCUT2D eigenvalue weighted by atomic mass is 10.1. The van der Waals surface area contributed by atoms with E-state index in [9.17, 15) is 4.79 Å². The number of nitrogens with one attached hydrogen (secondary N) is 2. The lowest BCUT2D eigenvalue weighted by Crippen LogP contribution is -2.17. The number of hydrogen-bond acceptors (Lipinski definition) is 2. The van der Waals surface area contributed by atoms with Crippen LogP contribution in [0.4, 0.5) is 11.4 Å². The molecule has 4 heteroatoms. The number of rotatable bonds is 5. The van der Waals surface area contributed by atoms with Crippen LogP contribution in [0.1, 0.15) is 17.5 Å². The molecule has 0 aliphatic heterocycles. The average Bonchev–Trinajstić information content (AvgIpc) is 2.45. The number of anilines is 2. The molecule has 0 atom stereocenters. The standard InChI is InChI=1S/C17H19BrN2O/c1-12-7-8-13(2)16(11-12)20-17(21)9-10-19-15-6-4-3-5-14(15)18/h3-8,11,19H,9-10H2,1-2H3,(H,20,21). The summed E-state index contributed by atoms with van der Waals surface area (Å²) in [5.74, 6) is 0.0169. The van der Waals surface area contributed by atoms with Gasteiger partial charge >= 0.3 is 0 Å². The fourth-order valence-corrected chi connectivity index (χ4v) is 2.42. The van der Waals surface area contributed by atoms with E-state index in [4.69, 9.17) is 0 Å². The lowest BCUT2D eigenvalue weighted by molar-refractivity contribution is -0.115. The Kier molecular flexibility index (Phi) is 5.39. The van der Waals surface area contributed by atoms with Gasteiger partial charge in [0.1, 0.15) is 0 Å². The number of carbonyl (C=O) groups is 1. The quantitative estimate of drug-likeness (QED) is 0.836. The van der Waals surface area contributed by atoms with Crippen molar-refractivity contribution in [2.24, 2.45) is 0 Å². The van der Waals surface area contributed by atoms with Crippen molar-refractivity contribution in [3.05, 3.63) is 58.1 Å². The van der Waals surface area contributed by atoms with Crippen LogP contribution in [0.15, 0.2) is 46.9 Å². The van der Waals surface area contributed by atoms with Gasteiger partial charge in [0.25, 0.3) is 0 Å². The maximum absolute atomic E-state index is 12.0. The van der Waals surface area contributed by atoms with E-state index in [2.05, 4.69) is 26.6 Å². The average molecular weight is 347 g/mol. The summed E-state index contributed by atoms with van der Waals surface area (Å²) in [5, 5.41) is 6.21. The van der Waals surface area contributed by atoms with Gasteiger partial charge in [-0.25, -0.2) is 0 Å². The van der Waals surface area contributed by atoms with E-state index in [-0.39, 0.29) is 5.91 Å². The second-order valence-electron chi connectivity index (χ2n) is 5.02. The largest absolute Gasteiger partial charge is 0.384 e. The summed E-state index contributed by atoms with van der Waals surface area (Å²) in [5.41, 5.74) is 4.10. The third-order valence-electron chi connectivity index (χ3n) is 3.21. The predicted octanol–water partition coefficient (Wildman–Crippen LogP) is 4.51. The summed E-state index contributed by atoms with van der Waals surface area (Å²) in [7, 11) is 0. The molecule has 0 radical (unpaired) electrons. The number of halogens is 1. The Bertz CT molecular complexity index is 640. The van der Waals surface area contributed by atoms with Crippen molar-refractivity contribution in [1.82, 2.24) is 0 Å². The predicted molar refractivity (Wildman–Crippen MR) is 91.8 cm³/mol. The smallest absolute Gasteiger partial charge is 0.226 e. The summed E-state index contributed by atoms with van der Waals surface area (Å²) in [6.45, 7) is 4.61. The molecule has 0 fully saturated rings. The summed E-state index contributed by atoms with van der Waals surface area (Å²) < 4.78 is 1.000. The molecule has 0 saturated carbocycles. The molecule has 3 nitrogen and oxygen atoms in total. The Morgan fingerprint density at radius 1 is 1.10 bits per heavy atom. The van der Waals surface area contributed by atoms with Crippen molar-refractivity contribution in [2.75, 3.05) is 17.2 Å². The zero-order valence-electron chi connectivity index (χ0n) is 12.2. The topological polar surface area (TPSA) is 41.1 Å². The van der Waals surface area contributed by atoms with Gasteiger partial charge in [-0.15, -0.1) is 0 Å². The highest BCUT2D eigenvalue weighted by molar-refractivity contribution is 9.10. The van der Waals surface area contributed by atoms with Gasteiger partial charge < -0.3 is 10.6 Å². The van der Waals surface area contributed by atoms with Gasteiger partial charge in [-0.1, -0.05) is 24.3 Å². The summed E-state index contributed by atoms with van der Waals surface area (Å²) in [6, 6.07) is 13.9. The number of para-hydroxylation sites is 1. The normalized spacial score (nSPS) is 10.2. The van der Waals surface area contributed by atoms with Gasteiger partial charge in [0, 0.05) is 28.8 Å². The minimum Gasteiger partial charge on any atom is -0.384 e. The van der Waals surface area contributed by atoms with E-state index in [1.165, 1.54) is 0 Å². The first-order chi connectivity index (χ1) is 10.1. The van der Waals surface area contributed by atoms with Gasteiger partial charge in [-0.3, -0.25) is 4.79 Å². The first kappa shape index (κ1) is 15.6. The first-order valence-electron chi connectivity index (χ1n) is 6.92. The van der Waals surface area contributed by atoms with Crippen LogP contribution in [-0.2, 0) is 4.79 Å². The number of amides is 1. The molecule has 0 saturated heterocycles. The van der Waals surface area contributed by atoms with Crippen LogP contribution in [0.25, 0.3) is 0 Å². The molecular weight excluding hydrogens is 328 g/mol. The van der Waals surface area contributed by atoms with Gasteiger partial charge in [0.15, 0.2) is 0 Å². The molecule has 0 heterocycles. The third-order valence-corrected chi connectivity index (χ3v) is 3.90. The van der Waals surface area contributed by atoms with E-state index in [0.29, 0.717) is 13.0 Å². The van der Waals surface area contributed by atoms with Crippen LogP contribution in [0.2, 0.25) is 0 Å². The fraction of sp³-hybridized carbons (Fsp3) is 0.235. The molecule has 2 N–H and O–H groups in total. The van der Waals surface area contributed by atoms with E-state index < -0.39 is 0 Å². The maximum atomic E-state index is 12.0. The Morgan fingerprint density at radius 3 is 2.62 bits per heavy atom. The Balaban J connectivity index is 1.85. The van der Waals surface area contributed by atoms with Crippen LogP contribution in [0, 0.1) is 13.8 Å². The highest BCUT2D eigenvalue weighted by Gasteiger charge is 2.05. The zero-order chi connectivity index (χ0) is 15.2. The Morgan fingerprint density at radius 2 is 1.86 bits per heavy atom. The summed E-state index contributed by atoms with van der Waals surface area (Å²) in [4.78, 5) is 12.0. The molecule has 2 aromatic rings. The van der Waals surface area contributed by atoms with Crippen LogP contribution in [0.3, 0.4) is 0 Å². The molecule has 0 unspecified atom stereocenters. The van der Waals surface area contributed by atoms with E-state index in [0.717, 1.165) is 27.0 Å². The van der Waals surface area contributed by atoms with Gasteiger partial charge in [-0.2, -0.15) is 0 Å². The highest BCUT2D eigenvalue weighted by Crippen LogP contribution is 2.21. The lowest BCUT2D eigenvalue weighted by Gasteiger charge is -2.11. The van der Waals surface area contributed by atoms with E-state index in [1.54, 1.807) is 0 Å². The molecular formula is C17H19BrN2O. The SMILES string of the molecule is Cc1ccc(C)c(NC(=O)CCNc2ccccc2Br)c1. The van der Waals surface area contributed by atoms with Crippen LogP contribution >= 0.6 is 15.9 Å². The van der Waals surface area contributed by atoms with Crippen molar-refractivity contribution in [3.8, 4) is 0 Å². The zero-order valence-corrected chi connectivity index (χ0v) is 13.8. The first-order valence-corrected chi connectivity index (χ1v) is 7.71. The molecule has 0 aliphatic rings. The summed E-state index contributed by atoms with van der Waals surface area (Å²) in [6.07, 6.45) is 0.425.